The summed E-state index contributed by atoms with van der Waals surface area (Å²) in [6.07, 6.45) is 0.250. The standard InChI is InChI=1S/C15H24N2O3/c1-11(18)9-15(2,3)10-16-14(19)17-12-6-5-7-13(8-12)20-4/h5-8,11,18H,9-10H2,1-4H3,(H2,16,17,19). The molecule has 0 fully saturated rings. The molecule has 20 heavy (non-hydrogen) atoms. The molecule has 5 heteroatoms. The lowest BCUT2D eigenvalue weighted by molar-refractivity contribution is 0.129. The van der Waals surface area contributed by atoms with E-state index < -0.39 is 0 Å². The maximum atomic E-state index is 11.8. The summed E-state index contributed by atoms with van der Waals surface area (Å²) in [7, 11) is 1.58. The maximum Gasteiger partial charge on any atom is 0.319 e. The van der Waals surface area contributed by atoms with E-state index in [0.29, 0.717) is 24.4 Å². The summed E-state index contributed by atoms with van der Waals surface area (Å²) < 4.78 is 5.09. The van der Waals surface area contributed by atoms with Gasteiger partial charge in [0.2, 0.25) is 0 Å². The molecule has 0 saturated heterocycles. The summed E-state index contributed by atoms with van der Waals surface area (Å²) in [6.45, 7) is 6.25. The molecule has 1 aromatic carbocycles. The van der Waals surface area contributed by atoms with E-state index in [2.05, 4.69) is 10.6 Å². The number of methoxy groups -OCH3 is 1. The Kier molecular flexibility index (Phi) is 5.82. The van der Waals surface area contributed by atoms with Crippen molar-refractivity contribution < 1.29 is 14.6 Å². The highest BCUT2D eigenvalue weighted by atomic mass is 16.5. The van der Waals surface area contributed by atoms with Crippen LogP contribution in [-0.4, -0.2) is 30.9 Å². The van der Waals surface area contributed by atoms with Crippen LogP contribution in [-0.2, 0) is 0 Å². The van der Waals surface area contributed by atoms with Crippen molar-refractivity contribution in [2.45, 2.75) is 33.3 Å². The van der Waals surface area contributed by atoms with E-state index in [1.807, 2.05) is 26.0 Å². The molecular weight excluding hydrogens is 256 g/mol. The topological polar surface area (TPSA) is 70.6 Å². The van der Waals surface area contributed by atoms with Gasteiger partial charge in [0.15, 0.2) is 0 Å². The normalized spacial score (nSPS) is 12.7. The third-order valence-corrected chi connectivity index (χ3v) is 2.90. The minimum Gasteiger partial charge on any atom is -0.497 e. The fourth-order valence-corrected chi connectivity index (χ4v) is 2.07. The minimum absolute atomic E-state index is 0.153. The second-order valence-electron chi connectivity index (χ2n) is 5.76. The first-order chi connectivity index (χ1) is 9.32. The monoisotopic (exact) mass is 280 g/mol. The van der Waals surface area contributed by atoms with Gasteiger partial charge in [-0.1, -0.05) is 19.9 Å². The van der Waals surface area contributed by atoms with E-state index >= 15 is 0 Å². The highest BCUT2D eigenvalue weighted by Gasteiger charge is 2.21. The second kappa shape index (κ2) is 7.14. The number of benzene rings is 1. The molecule has 1 unspecified atom stereocenters. The van der Waals surface area contributed by atoms with Gasteiger partial charge in [-0.2, -0.15) is 0 Å². The molecule has 0 aromatic heterocycles. The van der Waals surface area contributed by atoms with E-state index in [1.54, 1.807) is 26.2 Å². The third-order valence-electron chi connectivity index (χ3n) is 2.90. The lowest BCUT2D eigenvalue weighted by Crippen LogP contribution is -2.38. The molecule has 0 radical (unpaired) electrons. The fraction of sp³-hybridized carbons (Fsp3) is 0.533. The van der Waals surface area contributed by atoms with Crippen LogP contribution in [0.4, 0.5) is 10.5 Å². The van der Waals surface area contributed by atoms with Crippen molar-refractivity contribution in [1.82, 2.24) is 5.32 Å². The van der Waals surface area contributed by atoms with Crippen molar-refractivity contribution in [3.05, 3.63) is 24.3 Å². The zero-order chi connectivity index (χ0) is 15.2. The van der Waals surface area contributed by atoms with Crippen LogP contribution < -0.4 is 15.4 Å². The quantitative estimate of drug-likeness (QED) is 0.750. The number of hydrogen-bond acceptors (Lipinski definition) is 3. The van der Waals surface area contributed by atoms with Crippen LogP contribution in [0.5, 0.6) is 5.75 Å². The molecule has 3 N–H and O–H groups in total. The van der Waals surface area contributed by atoms with Gasteiger partial charge in [0.1, 0.15) is 5.75 Å². The van der Waals surface area contributed by atoms with E-state index in [4.69, 9.17) is 4.74 Å². The van der Waals surface area contributed by atoms with Crippen molar-refractivity contribution in [2.24, 2.45) is 5.41 Å². The molecule has 1 rings (SSSR count). The van der Waals surface area contributed by atoms with Crippen LogP contribution in [0.15, 0.2) is 24.3 Å². The smallest absolute Gasteiger partial charge is 0.319 e. The van der Waals surface area contributed by atoms with Gasteiger partial charge < -0.3 is 20.5 Å². The Bertz CT molecular complexity index is 444. The Morgan fingerprint density at radius 2 is 2.15 bits per heavy atom. The Hall–Kier alpha value is -1.75. The average Bonchev–Trinajstić information content (AvgIpc) is 2.35. The van der Waals surface area contributed by atoms with Gasteiger partial charge in [-0.15, -0.1) is 0 Å². The van der Waals surface area contributed by atoms with Gasteiger partial charge in [0.25, 0.3) is 0 Å². The number of urea groups is 1. The van der Waals surface area contributed by atoms with Gasteiger partial charge in [-0.05, 0) is 30.9 Å². The summed E-state index contributed by atoms with van der Waals surface area (Å²) in [4.78, 5) is 11.8. The molecule has 0 aliphatic carbocycles. The van der Waals surface area contributed by atoms with Crippen LogP contribution >= 0.6 is 0 Å². The number of anilines is 1. The van der Waals surface area contributed by atoms with Gasteiger partial charge in [-0.3, -0.25) is 0 Å². The summed E-state index contributed by atoms with van der Waals surface area (Å²) >= 11 is 0. The lowest BCUT2D eigenvalue weighted by Gasteiger charge is -2.26. The Labute approximate surface area is 120 Å². The van der Waals surface area contributed by atoms with Crippen molar-refractivity contribution in [2.75, 3.05) is 19.0 Å². The predicted molar refractivity (Wildman–Crippen MR) is 80.1 cm³/mol. The van der Waals surface area contributed by atoms with Crippen molar-refractivity contribution >= 4 is 11.7 Å². The second-order valence-corrected chi connectivity index (χ2v) is 5.76. The number of rotatable bonds is 6. The highest BCUT2D eigenvalue weighted by molar-refractivity contribution is 5.89. The largest absolute Gasteiger partial charge is 0.497 e. The molecule has 0 aliphatic rings. The number of nitrogens with one attached hydrogen (secondary N) is 2. The maximum absolute atomic E-state index is 11.8. The Morgan fingerprint density at radius 1 is 1.45 bits per heavy atom. The number of carbonyl (C=O) groups excluding carboxylic acids is 1. The Balaban J connectivity index is 2.47. The SMILES string of the molecule is COc1cccc(NC(=O)NCC(C)(C)CC(C)O)c1. The predicted octanol–water partition coefficient (Wildman–Crippen LogP) is 2.61. The molecule has 0 heterocycles. The molecule has 1 atom stereocenters. The zero-order valence-corrected chi connectivity index (χ0v) is 12.6. The van der Waals surface area contributed by atoms with Crippen LogP contribution in [0.2, 0.25) is 0 Å². The molecular formula is C15H24N2O3. The first kappa shape index (κ1) is 16.3. The van der Waals surface area contributed by atoms with E-state index in [1.165, 1.54) is 0 Å². The lowest BCUT2D eigenvalue weighted by atomic mass is 9.87. The number of aliphatic hydroxyl groups is 1. The van der Waals surface area contributed by atoms with Crippen LogP contribution in [0.3, 0.4) is 0 Å². The molecule has 0 spiro atoms. The molecule has 0 aliphatic heterocycles. The zero-order valence-electron chi connectivity index (χ0n) is 12.6. The number of hydrogen-bond donors (Lipinski definition) is 3. The molecule has 0 bridgehead atoms. The van der Waals surface area contributed by atoms with Crippen molar-refractivity contribution in [3.63, 3.8) is 0 Å². The summed E-state index contributed by atoms with van der Waals surface area (Å²) in [5.41, 5.74) is 0.523. The van der Waals surface area contributed by atoms with Gasteiger partial charge >= 0.3 is 6.03 Å². The number of amides is 2. The van der Waals surface area contributed by atoms with Gasteiger partial charge in [0, 0.05) is 18.3 Å². The molecule has 1 aromatic rings. The van der Waals surface area contributed by atoms with Crippen LogP contribution in [0, 0.1) is 5.41 Å². The first-order valence-electron chi connectivity index (χ1n) is 6.69. The first-order valence-corrected chi connectivity index (χ1v) is 6.69. The number of aliphatic hydroxyl groups excluding tert-OH is 1. The number of carbonyl (C=O) groups is 1. The van der Waals surface area contributed by atoms with E-state index in [9.17, 15) is 9.90 Å². The summed E-state index contributed by atoms with van der Waals surface area (Å²) in [5.74, 6) is 0.692. The van der Waals surface area contributed by atoms with Crippen LogP contribution in [0.25, 0.3) is 0 Å². The third kappa shape index (κ3) is 5.93. The van der Waals surface area contributed by atoms with Gasteiger partial charge in [0.05, 0.1) is 13.2 Å². The summed E-state index contributed by atoms with van der Waals surface area (Å²) in [5, 5.41) is 15.0. The number of ether oxygens (including phenoxy) is 1. The van der Waals surface area contributed by atoms with E-state index in [0.717, 1.165) is 0 Å². The molecule has 112 valence electrons. The average molecular weight is 280 g/mol. The van der Waals surface area contributed by atoms with E-state index in [-0.39, 0.29) is 17.6 Å². The molecule has 0 saturated carbocycles. The van der Waals surface area contributed by atoms with Crippen molar-refractivity contribution in [1.29, 1.82) is 0 Å². The Morgan fingerprint density at radius 3 is 2.75 bits per heavy atom. The van der Waals surface area contributed by atoms with Gasteiger partial charge in [-0.25, -0.2) is 4.79 Å². The van der Waals surface area contributed by atoms with Crippen molar-refractivity contribution in [3.8, 4) is 5.75 Å². The van der Waals surface area contributed by atoms with Crippen LogP contribution in [0.1, 0.15) is 27.2 Å². The highest BCUT2D eigenvalue weighted by Crippen LogP contribution is 2.21. The molecule has 5 nitrogen and oxygen atoms in total. The summed E-state index contributed by atoms with van der Waals surface area (Å²) in [6, 6.07) is 6.90. The molecule has 2 amide bonds. The fourth-order valence-electron chi connectivity index (χ4n) is 2.07. The minimum atomic E-state index is -0.381.